The zero-order valence-corrected chi connectivity index (χ0v) is 35.7. The minimum atomic E-state index is -4.61. The molecule has 1 unspecified atom stereocenters. The third-order valence-electron chi connectivity index (χ3n) is 9.63. The van der Waals surface area contributed by atoms with Crippen LogP contribution in [0.4, 0.5) is 0 Å². The zero-order chi connectivity index (χ0) is 38.6. The average molecular weight is 762 g/mol. The Morgan fingerprint density at radius 1 is 0.519 bits per heavy atom. The van der Waals surface area contributed by atoms with Crippen LogP contribution in [-0.2, 0) is 32.7 Å². The molecule has 0 aliphatic rings. The van der Waals surface area contributed by atoms with Gasteiger partial charge in [-0.25, -0.2) is 0 Å². The van der Waals surface area contributed by atoms with E-state index in [0.717, 1.165) is 32.1 Å². The highest BCUT2D eigenvalue weighted by Crippen LogP contribution is 2.38. The molecule has 0 N–H and O–H groups in total. The van der Waals surface area contributed by atoms with Crippen LogP contribution in [0.15, 0.2) is 0 Å². The standard InChI is InChI=1S/C42H84NO8P/c1-6-8-10-12-14-16-18-19-20-21-22-23-25-27-29-31-33-35-42(45)51-40(39-50-52(46,47)49-37-36-43(3,4)5)38-48-41(44)34-32-30-28-26-24-17-15-13-11-9-7-2/h40H,6-39H2,1-5H3/t40-/m1/s1. The fourth-order valence-electron chi connectivity index (χ4n) is 6.18. The van der Waals surface area contributed by atoms with Gasteiger partial charge in [-0.2, -0.15) is 0 Å². The number of hydrogen-bond donors (Lipinski definition) is 0. The van der Waals surface area contributed by atoms with Crippen LogP contribution in [-0.4, -0.2) is 70.0 Å². The van der Waals surface area contributed by atoms with Gasteiger partial charge in [0.2, 0.25) is 0 Å². The molecule has 2 atom stereocenters. The summed E-state index contributed by atoms with van der Waals surface area (Å²) in [6.45, 7) is 4.25. The number of nitrogens with zero attached hydrogens (tertiary/aromatic N) is 1. The largest absolute Gasteiger partial charge is 0.756 e. The first kappa shape index (κ1) is 51.0. The molecule has 0 rings (SSSR count). The number of ether oxygens (including phenoxy) is 2. The molecular weight excluding hydrogens is 677 g/mol. The van der Waals surface area contributed by atoms with E-state index in [2.05, 4.69) is 13.8 Å². The molecule has 9 nitrogen and oxygen atoms in total. The van der Waals surface area contributed by atoms with E-state index in [4.69, 9.17) is 18.5 Å². The Hall–Kier alpha value is -0.990. The van der Waals surface area contributed by atoms with Gasteiger partial charge >= 0.3 is 11.9 Å². The highest BCUT2D eigenvalue weighted by molar-refractivity contribution is 7.45. The van der Waals surface area contributed by atoms with Crippen molar-refractivity contribution >= 4 is 19.8 Å². The van der Waals surface area contributed by atoms with Crippen LogP contribution in [0, 0.1) is 0 Å². The Kier molecular flexibility index (Phi) is 35.0. The van der Waals surface area contributed by atoms with Gasteiger partial charge in [0.25, 0.3) is 7.82 Å². The molecule has 0 spiro atoms. The summed E-state index contributed by atoms with van der Waals surface area (Å²) in [4.78, 5) is 37.4. The molecule has 0 aliphatic carbocycles. The summed E-state index contributed by atoms with van der Waals surface area (Å²) >= 11 is 0. The van der Waals surface area contributed by atoms with E-state index in [9.17, 15) is 19.0 Å². The lowest BCUT2D eigenvalue weighted by Crippen LogP contribution is -2.37. The maximum Gasteiger partial charge on any atom is 0.306 e. The van der Waals surface area contributed by atoms with Crippen LogP contribution in [0.5, 0.6) is 0 Å². The Balaban J connectivity index is 4.30. The van der Waals surface area contributed by atoms with Gasteiger partial charge in [-0.1, -0.05) is 181 Å². The monoisotopic (exact) mass is 762 g/mol. The fraction of sp³-hybridized carbons (Fsp3) is 0.952. The van der Waals surface area contributed by atoms with E-state index < -0.39 is 26.5 Å². The van der Waals surface area contributed by atoms with E-state index in [-0.39, 0.29) is 32.0 Å². The van der Waals surface area contributed by atoms with Gasteiger partial charge in [-0.05, 0) is 12.8 Å². The number of rotatable bonds is 40. The van der Waals surface area contributed by atoms with Crippen LogP contribution >= 0.6 is 7.82 Å². The van der Waals surface area contributed by atoms with Crippen LogP contribution in [0.3, 0.4) is 0 Å². The Labute approximate surface area is 321 Å². The number of quaternary nitrogens is 1. The van der Waals surface area contributed by atoms with Crippen molar-refractivity contribution < 1.29 is 42.1 Å². The van der Waals surface area contributed by atoms with Gasteiger partial charge in [0.05, 0.1) is 27.7 Å². The number of phosphoric acid groups is 1. The molecule has 0 aromatic rings. The molecule has 0 aliphatic heterocycles. The van der Waals surface area contributed by atoms with E-state index in [1.54, 1.807) is 0 Å². The van der Waals surface area contributed by atoms with Crippen LogP contribution in [0.25, 0.3) is 0 Å². The quantitative estimate of drug-likeness (QED) is 0.0263. The van der Waals surface area contributed by atoms with Gasteiger partial charge in [0.1, 0.15) is 19.8 Å². The first-order chi connectivity index (χ1) is 25.0. The summed E-state index contributed by atoms with van der Waals surface area (Å²) in [7, 11) is 1.18. The van der Waals surface area contributed by atoms with Crippen molar-refractivity contribution in [2.24, 2.45) is 0 Å². The molecule has 310 valence electrons. The second-order valence-electron chi connectivity index (χ2n) is 16.1. The Morgan fingerprint density at radius 3 is 1.23 bits per heavy atom. The van der Waals surface area contributed by atoms with E-state index in [1.807, 2.05) is 21.1 Å². The molecule has 10 heteroatoms. The lowest BCUT2D eigenvalue weighted by atomic mass is 10.0. The van der Waals surface area contributed by atoms with E-state index >= 15 is 0 Å². The van der Waals surface area contributed by atoms with Crippen molar-refractivity contribution in [1.29, 1.82) is 0 Å². The number of unbranched alkanes of at least 4 members (excludes halogenated alkanes) is 26. The maximum absolute atomic E-state index is 12.7. The van der Waals surface area contributed by atoms with Gasteiger partial charge in [-0.3, -0.25) is 14.2 Å². The van der Waals surface area contributed by atoms with Crippen molar-refractivity contribution in [3.63, 3.8) is 0 Å². The predicted octanol–water partition coefficient (Wildman–Crippen LogP) is 11.4. The SMILES string of the molecule is CCCCCCCCCCCCCCCCCCCC(=O)O[C@H](COC(=O)CCCCCCCCCCCCC)COP(=O)([O-])OCC[N+](C)(C)C. The second kappa shape index (κ2) is 35.7. The lowest BCUT2D eigenvalue weighted by Gasteiger charge is -2.28. The zero-order valence-electron chi connectivity index (χ0n) is 34.8. The number of esters is 2. The Bertz CT molecular complexity index is 865. The fourth-order valence-corrected chi connectivity index (χ4v) is 6.91. The number of carbonyl (C=O) groups is 2. The summed E-state index contributed by atoms with van der Waals surface area (Å²) in [5.41, 5.74) is 0. The molecule has 0 aromatic heterocycles. The van der Waals surface area contributed by atoms with Crippen molar-refractivity contribution in [2.75, 3.05) is 47.5 Å². The van der Waals surface area contributed by atoms with Crippen molar-refractivity contribution in [2.45, 2.75) is 213 Å². The summed E-state index contributed by atoms with van der Waals surface area (Å²) in [6, 6.07) is 0. The van der Waals surface area contributed by atoms with Crippen LogP contribution in [0.2, 0.25) is 0 Å². The first-order valence-corrected chi connectivity index (χ1v) is 23.2. The van der Waals surface area contributed by atoms with E-state index in [1.165, 1.54) is 141 Å². The number of hydrogen-bond acceptors (Lipinski definition) is 8. The predicted molar refractivity (Wildman–Crippen MR) is 213 cm³/mol. The van der Waals surface area contributed by atoms with Crippen LogP contribution in [0.1, 0.15) is 206 Å². The topological polar surface area (TPSA) is 111 Å². The van der Waals surface area contributed by atoms with Crippen molar-refractivity contribution in [3.05, 3.63) is 0 Å². The maximum atomic E-state index is 12.7. The molecular formula is C42H84NO8P. The molecule has 0 aromatic carbocycles. The van der Waals surface area contributed by atoms with Gasteiger partial charge < -0.3 is 27.9 Å². The average Bonchev–Trinajstić information content (AvgIpc) is 3.09. The number of carbonyl (C=O) groups excluding carboxylic acids is 2. The summed E-state index contributed by atoms with van der Waals surface area (Å²) in [5.74, 6) is -0.822. The minimum absolute atomic E-state index is 0.0258. The summed E-state index contributed by atoms with van der Waals surface area (Å²) < 4.78 is 33.9. The van der Waals surface area contributed by atoms with Crippen molar-refractivity contribution in [3.8, 4) is 0 Å². The normalized spacial score (nSPS) is 13.6. The Morgan fingerprint density at radius 2 is 0.865 bits per heavy atom. The molecule has 0 amide bonds. The lowest BCUT2D eigenvalue weighted by molar-refractivity contribution is -0.870. The molecule has 0 radical (unpaired) electrons. The van der Waals surface area contributed by atoms with Crippen LogP contribution < -0.4 is 4.89 Å². The summed E-state index contributed by atoms with van der Waals surface area (Å²) in [6.07, 6.45) is 34.1. The summed E-state index contributed by atoms with van der Waals surface area (Å²) in [5, 5.41) is 0. The molecule has 0 bridgehead atoms. The third-order valence-corrected chi connectivity index (χ3v) is 10.6. The molecule has 0 heterocycles. The molecule has 0 fully saturated rings. The van der Waals surface area contributed by atoms with Crippen molar-refractivity contribution in [1.82, 2.24) is 0 Å². The van der Waals surface area contributed by atoms with Gasteiger partial charge in [-0.15, -0.1) is 0 Å². The second-order valence-corrected chi connectivity index (χ2v) is 17.5. The minimum Gasteiger partial charge on any atom is -0.756 e. The third kappa shape index (κ3) is 38.7. The highest BCUT2D eigenvalue weighted by Gasteiger charge is 2.21. The number of phosphoric ester groups is 1. The molecule has 0 saturated heterocycles. The highest BCUT2D eigenvalue weighted by atomic mass is 31.2. The molecule has 0 saturated carbocycles. The smallest absolute Gasteiger partial charge is 0.306 e. The first-order valence-electron chi connectivity index (χ1n) is 21.7. The van der Waals surface area contributed by atoms with Gasteiger partial charge in [0, 0.05) is 12.8 Å². The van der Waals surface area contributed by atoms with Gasteiger partial charge in [0.15, 0.2) is 6.10 Å². The number of likely N-dealkylation sites (N-methyl/N-ethyl adjacent to an activating group) is 1. The molecule has 52 heavy (non-hydrogen) atoms. The van der Waals surface area contributed by atoms with E-state index in [0.29, 0.717) is 17.4 Å².